The zero-order valence-corrected chi connectivity index (χ0v) is 14.8. The summed E-state index contributed by atoms with van der Waals surface area (Å²) in [7, 11) is 1.74. The number of aryl methyl sites for hydroxylation is 1. The van der Waals surface area contributed by atoms with Crippen molar-refractivity contribution in [3.05, 3.63) is 74.8 Å². The molecule has 0 N–H and O–H groups in total. The van der Waals surface area contributed by atoms with E-state index >= 15 is 0 Å². The molecule has 0 unspecified atom stereocenters. The second-order valence-corrected chi connectivity index (χ2v) is 6.27. The Kier molecular flexibility index (Phi) is 5.35. The summed E-state index contributed by atoms with van der Waals surface area (Å²) in [6.45, 7) is 0.826. The minimum Gasteiger partial charge on any atom is -0.407 e. The quantitative estimate of drug-likeness (QED) is 0.471. The van der Waals surface area contributed by atoms with Gasteiger partial charge in [-0.2, -0.15) is 0 Å². The number of carbonyl (C=O) groups is 1. The number of carbonyl (C=O) groups excluding carboxylic acids is 1. The Hall–Kier alpha value is -3.42. The molecule has 3 rings (SSSR count). The lowest BCUT2D eigenvalue weighted by atomic mass is 10.2. The van der Waals surface area contributed by atoms with E-state index in [-0.39, 0.29) is 23.6 Å². The molecule has 0 radical (unpaired) electrons. The first-order chi connectivity index (χ1) is 13.0. The first-order valence-electron chi connectivity index (χ1n) is 8.51. The van der Waals surface area contributed by atoms with Crippen molar-refractivity contribution in [3.63, 3.8) is 0 Å². The van der Waals surface area contributed by atoms with Crippen LogP contribution in [0, 0.1) is 10.1 Å². The molecule has 0 fully saturated rings. The van der Waals surface area contributed by atoms with Crippen LogP contribution < -0.4 is 5.76 Å². The molecule has 27 heavy (non-hydrogen) atoms. The fraction of sp³-hybridized carbons (Fsp3) is 0.263. The van der Waals surface area contributed by atoms with Crippen molar-refractivity contribution in [3.8, 4) is 0 Å². The number of nitrogens with zero attached hydrogens (tertiary/aromatic N) is 3. The van der Waals surface area contributed by atoms with Gasteiger partial charge in [-0.1, -0.05) is 30.3 Å². The number of amides is 1. The van der Waals surface area contributed by atoms with Gasteiger partial charge in [-0.05, 0) is 18.1 Å². The van der Waals surface area contributed by atoms with E-state index in [0.717, 1.165) is 5.56 Å². The summed E-state index contributed by atoms with van der Waals surface area (Å²) in [4.78, 5) is 36.2. The normalized spacial score (nSPS) is 10.9. The summed E-state index contributed by atoms with van der Waals surface area (Å²) in [5.41, 5.74) is 1.56. The third kappa shape index (κ3) is 4.22. The summed E-state index contributed by atoms with van der Waals surface area (Å²) in [6, 6.07) is 13.7. The lowest BCUT2D eigenvalue weighted by molar-refractivity contribution is -0.384. The summed E-state index contributed by atoms with van der Waals surface area (Å²) in [6.07, 6.45) is 0.749. The zero-order chi connectivity index (χ0) is 19.4. The lowest BCUT2D eigenvalue weighted by Crippen LogP contribution is -2.26. The SMILES string of the molecule is CN(Cc1ccccc1)C(=O)CCCn1c(=O)oc2cc([N+](=O)[O-])ccc21. The molecule has 3 aromatic rings. The van der Waals surface area contributed by atoms with Crippen LogP contribution in [0.2, 0.25) is 0 Å². The Morgan fingerprint density at radius 2 is 1.96 bits per heavy atom. The number of rotatable bonds is 7. The van der Waals surface area contributed by atoms with Crippen molar-refractivity contribution in [2.75, 3.05) is 7.05 Å². The molecule has 0 atom stereocenters. The number of non-ortho nitro benzene ring substituents is 1. The van der Waals surface area contributed by atoms with Crippen LogP contribution in [0.1, 0.15) is 18.4 Å². The molecule has 0 bridgehead atoms. The highest BCUT2D eigenvalue weighted by molar-refractivity contribution is 5.76. The third-order valence-corrected chi connectivity index (χ3v) is 4.32. The van der Waals surface area contributed by atoms with Crippen LogP contribution in [0.15, 0.2) is 57.7 Å². The number of hydrogen-bond acceptors (Lipinski definition) is 5. The van der Waals surface area contributed by atoms with Crippen LogP contribution in [0.5, 0.6) is 0 Å². The maximum absolute atomic E-state index is 12.3. The molecule has 0 aliphatic heterocycles. The summed E-state index contributed by atoms with van der Waals surface area (Å²) in [5, 5.41) is 10.8. The molecule has 1 aromatic heterocycles. The fourth-order valence-corrected chi connectivity index (χ4v) is 2.91. The van der Waals surface area contributed by atoms with E-state index in [4.69, 9.17) is 4.42 Å². The highest BCUT2D eigenvalue weighted by Crippen LogP contribution is 2.20. The van der Waals surface area contributed by atoms with Gasteiger partial charge >= 0.3 is 5.76 Å². The molecule has 8 heteroatoms. The number of benzene rings is 2. The maximum Gasteiger partial charge on any atom is 0.419 e. The van der Waals surface area contributed by atoms with Gasteiger partial charge in [0.25, 0.3) is 5.69 Å². The van der Waals surface area contributed by atoms with Gasteiger partial charge in [-0.25, -0.2) is 4.79 Å². The predicted octanol–water partition coefficient (Wildman–Crippen LogP) is 2.94. The number of fused-ring (bicyclic) bond motifs is 1. The Morgan fingerprint density at radius 1 is 1.22 bits per heavy atom. The summed E-state index contributed by atoms with van der Waals surface area (Å²) < 4.78 is 6.47. The van der Waals surface area contributed by atoms with Gasteiger partial charge in [0.2, 0.25) is 5.91 Å². The molecule has 0 aliphatic rings. The molecule has 1 heterocycles. The van der Waals surface area contributed by atoms with Gasteiger partial charge in [-0.3, -0.25) is 19.5 Å². The van der Waals surface area contributed by atoms with Crippen LogP contribution in [0.4, 0.5) is 5.69 Å². The zero-order valence-electron chi connectivity index (χ0n) is 14.8. The van der Waals surface area contributed by atoms with Gasteiger partial charge in [0.1, 0.15) is 0 Å². The Balaban J connectivity index is 1.61. The minimum absolute atomic E-state index is 0.0182. The first-order valence-corrected chi connectivity index (χ1v) is 8.51. The molecule has 0 aliphatic carbocycles. The van der Waals surface area contributed by atoms with Crippen LogP contribution in [0.3, 0.4) is 0 Å². The van der Waals surface area contributed by atoms with E-state index in [2.05, 4.69) is 0 Å². The first kappa shape index (κ1) is 18.4. The lowest BCUT2D eigenvalue weighted by Gasteiger charge is -2.17. The molecule has 0 saturated carbocycles. The van der Waals surface area contributed by atoms with Crippen LogP contribution in [-0.4, -0.2) is 27.3 Å². The van der Waals surface area contributed by atoms with E-state index in [9.17, 15) is 19.7 Å². The van der Waals surface area contributed by atoms with Crippen molar-refractivity contribution in [2.24, 2.45) is 0 Å². The van der Waals surface area contributed by atoms with E-state index in [0.29, 0.717) is 25.0 Å². The molecule has 8 nitrogen and oxygen atoms in total. The smallest absolute Gasteiger partial charge is 0.407 e. The highest BCUT2D eigenvalue weighted by Gasteiger charge is 2.15. The van der Waals surface area contributed by atoms with Gasteiger partial charge < -0.3 is 9.32 Å². The van der Waals surface area contributed by atoms with E-state index in [1.54, 1.807) is 11.9 Å². The largest absolute Gasteiger partial charge is 0.419 e. The number of hydrogen-bond donors (Lipinski definition) is 0. The maximum atomic E-state index is 12.3. The van der Waals surface area contributed by atoms with Crippen LogP contribution >= 0.6 is 0 Å². The molecule has 0 spiro atoms. The van der Waals surface area contributed by atoms with Gasteiger partial charge in [0, 0.05) is 32.6 Å². The topological polar surface area (TPSA) is 98.6 Å². The summed E-state index contributed by atoms with van der Waals surface area (Å²) in [5.74, 6) is -0.606. The van der Waals surface area contributed by atoms with E-state index in [1.807, 2.05) is 30.3 Å². The number of nitro benzene ring substituents is 1. The standard InChI is InChI=1S/C19H19N3O5/c1-20(13-14-6-3-2-4-7-14)18(23)8-5-11-21-16-10-9-15(22(25)26)12-17(16)27-19(21)24/h2-4,6-7,9-10,12H,5,8,11,13H2,1H3. The van der Waals surface area contributed by atoms with E-state index < -0.39 is 10.7 Å². The van der Waals surface area contributed by atoms with Crippen molar-refractivity contribution < 1.29 is 14.1 Å². The van der Waals surface area contributed by atoms with Crippen molar-refractivity contribution in [1.82, 2.24) is 9.47 Å². The minimum atomic E-state index is -0.587. The van der Waals surface area contributed by atoms with E-state index in [1.165, 1.54) is 22.8 Å². The van der Waals surface area contributed by atoms with Gasteiger partial charge in [0.05, 0.1) is 16.5 Å². The molecular weight excluding hydrogens is 350 g/mol. The summed E-state index contributed by atoms with van der Waals surface area (Å²) >= 11 is 0. The Labute approximate surface area is 154 Å². The number of aromatic nitrogens is 1. The average Bonchev–Trinajstić information content (AvgIpc) is 2.97. The highest BCUT2D eigenvalue weighted by atomic mass is 16.6. The van der Waals surface area contributed by atoms with Crippen LogP contribution in [0.25, 0.3) is 11.1 Å². The monoisotopic (exact) mass is 369 g/mol. The number of oxazole rings is 1. The number of nitro groups is 1. The Bertz CT molecular complexity index is 1020. The molecular formula is C19H19N3O5. The van der Waals surface area contributed by atoms with Crippen LogP contribution in [-0.2, 0) is 17.9 Å². The van der Waals surface area contributed by atoms with Gasteiger partial charge in [0.15, 0.2) is 5.58 Å². The second-order valence-electron chi connectivity index (χ2n) is 6.27. The third-order valence-electron chi connectivity index (χ3n) is 4.32. The van der Waals surface area contributed by atoms with Crippen molar-refractivity contribution >= 4 is 22.7 Å². The van der Waals surface area contributed by atoms with Crippen molar-refractivity contribution in [1.29, 1.82) is 0 Å². The predicted molar refractivity (Wildman–Crippen MR) is 99.3 cm³/mol. The second kappa shape index (κ2) is 7.86. The van der Waals surface area contributed by atoms with Crippen molar-refractivity contribution in [2.45, 2.75) is 25.9 Å². The Morgan fingerprint density at radius 3 is 2.67 bits per heavy atom. The van der Waals surface area contributed by atoms with Gasteiger partial charge in [-0.15, -0.1) is 0 Å². The molecule has 140 valence electrons. The molecule has 2 aromatic carbocycles. The average molecular weight is 369 g/mol. The molecule has 1 amide bonds. The molecule has 0 saturated heterocycles. The fourth-order valence-electron chi connectivity index (χ4n) is 2.91.